The van der Waals surface area contributed by atoms with Crippen LogP contribution in [0, 0.1) is 0 Å². The molecule has 1 atom stereocenters. The maximum absolute atomic E-state index is 12.8. The van der Waals surface area contributed by atoms with Gasteiger partial charge < -0.3 is 14.2 Å². The van der Waals surface area contributed by atoms with Crippen LogP contribution in [0.2, 0.25) is 0 Å². The van der Waals surface area contributed by atoms with Gasteiger partial charge in [0, 0.05) is 19.3 Å². The molecule has 74 heavy (non-hydrogen) atoms. The molecule has 0 spiro atoms. The lowest BCUT2D eigenvalue weighted by Gasteiger charge is -2.18. The number of hydrogen-bond acceptors (Lipinski definition) is 6. The molecular weight excluding hydrogens is 913 g/mol. The largest absolute Gasteiger partial charge is 0.462 e. The minimum atomic E-state index is -0.800. The lowest BCUT2D eigenvalue weighted by atomic mass is 10.0. The minimum absolute atomic E-state index is 0.0961. The van der Waals surface area contributed by atoms with E-state index in [1.54, 1.807) is 0 Å². The van der Waals surface area contributed by atoms with E-state index in [1.807, 2.05) is 0 Å². The third-order valence-electron chi connectivity index (χ3n) is 12.7. The van der Waals surface area contributed by atoms with Crippen molar-refractivity contribution in [2.75, 3.05) is 13.2 Å². The molecule has 6 heteroatoms. The van der Waals surface area contributed by atoms with Crippen molar-refractivity contribution in [3.8, 4) is 0 Å². The van der Waals surface area contributed by atoms with Gasteiger partial charge in [-0.15, -0.1) is 0 Å². The molecule has 6 nitrogen and oxygen atoms in total. The zero-order valence-electron chi connectivity index (χ0n) is 48.1. The fourth-order valence-corrected chi connectivity index (χ4v) is 8.20. The minimum Gasteiger partial charge on any atom is -0.462 e. The topological polar surface area (TPSA) is 78.9 Å². The zero-order chi connectivity index (χ0) is 53.6. The number of allylic oxidation sites excluding steroid dienone is 20. The Kier molecular flexibility index (Phi) is 57.9. The molecule has 0 aromatic rings. The summed E-state index contributed by atoms with van der Waals surface area (Å²) in [6.07, 6.45) is 85.3. The molecule has 1 unspecified atom stereocenters. The first kappa shape index (κ1) is 69.8. The molecule has 0 rings (SSSR count). The molecule has 0 saturated heterocycles. The Labute approximate surface area is 456 Å². The van der Waals surface area contributed by atoms with Crippen LogP contribution in [0.1, 0.15) is 271 Å². The number of hydrogen-bond donors (Lipinski definition) is 0. The third kappa shape index (κ3) is 58.7. The molecule has 0 aliphatic rings. The normalized spacial score (nSPS) is 13.0. The highest BCUT2D eigenvalue weighted by molar-refractivity contribution is 5.71. The van der Waals surface area contributed by atoms with Crippen molar-refractivity contribution in [2.45, 2.75) is 277 Å². The fourth-order valence-electron chi connectivity index (χ4n) is 8.20. The van der Waals surface area contributed by atoms with Gasteiger partial charge in [0.15, 0.2) is 6.10 Å². The average Bonchev–Trinajstić information content (AvgIpc) is 3.40. The zero-order valence-corrected chi connectivity index (χ0v) is 48.1. The molecule has 0 aliphatic heterocycles. The van der Waals surface area contributed by atoms with Crippen LogP contribution in [0.15, 0.2) is 122 Å². The molecular formula is C68H112O6. The van der Waals surface area contributed by atoms with E-state index >= 15 is 0 Å². The summed E-state index contributed by atoms with van der Waals surface area (Å²) in [5.41, 5.74) is 0. The van der Waals surface area contributed by atoms with Gasteiger partial charge >= 0.3 is 17.9 Å². The summed E-state index contributed by atoms with van der Waals surface area (Å²) in [5, 5.41) is 0. The molecule has 0 aliphatic carbocycles. The Morgan fingerprint density at radius 2 is 0.527 bits per heavy atom. The van der Waals surface area contributed by atoms with Gasteiger partial charge in [-0.2, -0.15) is 0 Å². The molecule has 0 heterocycles. The standard InChI is InChI=1S/C68H112O6/c1-4-7-10-13-16-18-20-22-24-26-28-30-31-32-33-34-35-36-37-39-40-42-44-46-48-50-52-55-58-61-67(70)73-64-65(63-72-66(69)60-57-54-15-12-9-6-3)74-68(71)62-59-56-53-51-49-47-45-43-41-38-29-27-25-23-21-19-17-14-11-8-5-2/h7-8,10-11,16-19,22-25,28-30,38,43,45,49,51,65H,4-6,9,12-15,20-21,26-27,31-37,39-42,44,46-48,50,52-64H2,1-3H3/b10-7-,11-8-,18-16-,19-17-,24-22-,25-23-,30-28-,38-29-,45-43-,51-49-. The van der Waals surface area contributed by atoms with Gasteiger partial charge in [-0.3, -0.25) is 14.4 Å². The van der Waals surface area contributed by atoms with E-state index in [0.29, 0.717) is 19.3 Å². The molecule has 420 valence electrons. The van der Waals surface area contributed by atoms with E-state index in [-0.39, 0.29) is 37.5 Å². The number of esters is 3. The maximum Gasteiger partial charge on any atom is 0.306 e. The summed E-state index contributed by atoms with van der Waals surface area (Å²) in [4.78, 5) is 37.9. The molecule has 0 aromatic heterocycles. The van der Waals surface area contributed by atoms with Gasteiger partial charge in [0.05, 0.1) is 0 Å². The number of carbonyl (C=O) groups is 3. The van der Waals surface area contributed by atoms with Gasteiger partial charge in [0.25, 0.3) is 0 Å². The van der Waals surface area contributed by atoms with Crippen LogP contribution in [0.3, 0.4) is 0 Å². The maximum atomic E-state index is 12.8. The molecule has 0 saturated carbocycles. The van der Waals surface area contributed by atoms with Crippen molar-refractivity contribution in [3.05, 3.63) is 122 Å². The Morgan fingerprint density at radius 1 is 0.284 bits per heavy atom. The van der Waals surface area contributed by atoms with Crippen LogP contribution in [-0.2, 0) is 28.6 Å². The van der Waals surface area contributed by atoms with Crippen LogP contribution in [-0.4, -0.2) is 37.2 Å². The molecule has 0 aromatic carbocycles. The molecule has 0 bridgehead atoms. The average molecular weight is 1030 g/mol. The second-order valence-corrected chi connectivity index (χ2v) is 19.9. The number of rotatable bonds is 54. The van der Waals surface area contributed by atoms with Gasteiger partial charge in [0.2, 0.25) is 0 Å². The molecule has 0 amide bonds. The number of carbonyl (C=O) groups excluding carboxylic acids is 3. The van der Waals surface area contributed by atoms with Crippen molar-refractivity contribution in [1.82, 2.24) is 0 Å². The van der Waals surface area contributed by atoms with E-state index < -0.39 is 6.10 Å². The summed E-state index contributed by atoms with van der Waals surface area (Å²) < 4.78 is 16.7. The molecule has 0 N–H and O–H groups in total. The van der Waals surface area contributed by atoms with Crippen LogP contribution >= 0.6 is 0 Å². The summed E-state index contributed by atoms with van der Waals surface area (Å²) >= 11 is 0. The van der Waals surface area contributed by atoms with Crippen LogP contribution in [0.25, 0.3) is 0 Å². The quantitative estimate of drug-likeness (QED) is 0.0261. The van der Waals surface area contributed by atoms with Gasteiger partial charge in [-0.25, -0.2) is 0 Å². The number of unbranched alkanes of at least 4 members (excludes halogenated alkanes) is 23. The van der Waals surface area contributed by atoms with Gasteiger partial charge in [0.1, 0.15) is 13.2 Å². The van der Waals surface area contributed by atoms with Crippen molar-refractivity contribution >= 4 is 17.9 Å². The predicted molar refractivity (Wildman–Crippen MR) is 320 cm³/mol. The van der Waals surface area contributed by atoms with Crippen LogP contribution < -0.4 is 0 Å². The lowest BCUT2D eigenvalue weighted by molar-refractivity contribution is -0.167. The Morgan fingerprint density at radius 3 is 0.851 bits per heavy atom. The third-order valence-corrected chi connectivity index (χ3v) is 12.7. The Hall–Kier alpha value is -4.19. The first-order chi connectivity index (χ1) is 36.5. The van der Waals surface area contributed by atoms with E-state index in [9.17, 15) is 14.4 Å². The first-order valence-electron chi connectivity index (χ1n) is 30.5. The fraction of sp³-hybridized carbons (Fsp3) is 0.662. The highest BCUT2D eigenvalue weighted by atomic mass is 16.6. The smallest absolute Gasteiger partial charge is 0.306 e. The van der Waals surface area contributed by atoms with Gasteiger partial charge in [-0.05, 0) is 109 Å². The van der Waals surface area contributed by atoms with Crippen LogP contribution in [0.4, 0.5) is 0 Å². The van der Waals surface area contributed by atoms with Gasteiger partial charge in [-0.1, -0.05) is 264 Å². The van der Waals surface area contributed by atoms with E-state index in [1.165, 1.54) is 109 Å². The Bertz CT molecular complexity index is 1550. The summed E-state index contributed by atoms with van der Waals surface area (Å²) in [7, 11) is 0. The van der Waals surface area contributed by atoms with Crippen molar-refractivity contribution in [2.24, 2.45) is 0 Å². The summed E-state index contributed by atoms with van der Waals surface area (Å²) in [6.45, 7) is 6.32. The van der Waals surface area contributed by atoms with Crippen molar-refractivity contribution in [3.63, 3.8) is 0 Å². The summed E-state index contributed by atoms with van der Waals surface area (Å²) in [5.74, 6) is -0.948. The van der Waals surface area contributed by atoms with E-state index in [2.05, 4.69) is 142 Å². The first-order valence-corrected chi connectivity index (χ1v) is 30.5. The SMILES string of the molecule is CC/C=C\C/C=C\C/C=C\C/C=C\C/C=C\C/C=C\CCCCC(=O)OC(COC(=O)CCCCCCCC)COC(=O)CCCCCCCCCCCCCCCCCC/C=C\C/C=C\C/C=C\C/C=C\CC. The Balaban J connectivity index is 4.14. The lowest BCUT2D eigenvalue weighted by Crippen LogP contribution is -2.30. The highest BCUT2D eigenvalue weighted by Gasteiger charge is 2.19. The monoisotopic (exact) mass is 1020 g/mol. The second-order valence-electron chi connectivity index (χ2n) is 19.9. The number of ether oxygens (including phenoxy) is 3. The predicted octanol–water partition coefficient (Wildman–Crippen LogP) is 20.8. The van der Waals surface area contributed by atoms with Crippen LogP contribution in [0.5, 0.6) is 0 Å². The highest BCUT2D eigenvalue weighted by Crippen LogP contribution is 2.16. The molecule has 0 radical (unpaired) electrons. The van der Waals surface area contributed by atoms with E-state index in [4.69, 9.17) is 14.2 Å². The second kappa shape index (κ2) is 61.4. The van der Waals surface area contributed by atoms with Crippen molar-refractivity contribution < 1.29 is 28.6 Å². The molecule has 0 fully saturated rings. The van der Waals surface area contributed by atoms with E-state index in [0.717, 1.165) is 116 Å². The van der Waals surface area contributed by atoms with Crippen molar-refractivity contribution in [1.29, 1.82) is 0 Å². The summed E-state index contributed by atoms with van der Waals surface area (Å²) in [6, 6.07) is 0.